The van der Waals surface area contributed by atoms with Crippen LogP contribution in [-0.2, 0) is 0 Å². The second-order valence-electron chi connectivity index (χ2n) is 6.29. The van der Waals surface area contributed by atoms with Crippen LogP contribution in [0.4, 0.5) is 0 Å². The summed E-state index contributed by atoms with van der Waals surface area (Å²) in [6, 6.07) is 13.1. The van der Waals surface area contributed by atoms with Crippen LogP contribution >= 0.6 is 0 Å². The fourth-order valence-electron chi connectivity index (χ4n) is 3.66. The van der Waals surface area contributed by atoms with E-state index in [0.717, 1.165) is 28.8 Å². The van der Waals surface area contributed by atoms with Gasteiger partial charge in [0.25, 0.3) is 0 Å². The summed E-state index contributed by atoms with van der Waals surface area (Å²) in [5.41, 5.74) is 1.05. The highest BCUT2D eigenvalue weighted by Gasteiger charge is 2.31. The van der Waals surface area contributed by atoms with Crippen molar-refractivity contribution in [3.05, 3.63) is 42.0 Å². The van der Waals surface area contributed by atoms with Crippen molar-refractivity contribution in [1.82, 2.24) is 4.90 Å². The molecule has 1 fully saturated rings. The van der Waals surface area contributed by atoms with Gasteiger partial charge in [-0.15, -0.1) is 0 Å². The van der Waals surface area contributed by atoms with E-state index in [1.54, 1.807) is 0 Å². The Bertz CT molecular complexity index is 622. The normalized spacial score (nSPS) is 25.1. The van der Waals surface area contributed by atoms with Gasteiger partial charge in [0.1, 0.15) is 5.75 Å². The monoisotopic (exact) mass is 269 g/mol. The molecule has 1 aliphatic rings. The first kappa shape index (κ1) is 13.4. The summed E-state index contributed by atoms with van der Waals surface area (Å²) in [7, 11) is 0. The molecule has 2 aromatic carbocycles. The van der Waals surface area contributed by atoms with Crippen molar-refractivity contribution < 1.29 is 5.11 Å². The molecule has 0 amide bonds. The standard InChI is InChI=1S/C18H23NO/c1-12-10-13(2)19(11-12)14(3)16-9-8-15-6-4-5-7-17(15)18(16)20/h4-9,12-14,20H,10-11H2,1-3H3. The van der Waals surface area contributed by atoms with Crippen molar-refractivity contribution in [2.24, 2.45) is 5.92 Å². The average molecular weight is 269 g/mol. The van der Waals surface area contributed by atoms with E-state index in [9.17, 15) is 5.11 Å². The number of rotatable bonds is 2. The molecule has 0 spiro atoms. The lowest BCUT2D eigenvalue weighted by Crippen LogP contribution is -2.30. The number of fused-ring (bicyclic) bond motifs is 1. The number of benzene rings is 2. The molecule has 1 N–H and O–H groups in total. The lowest BCUT2D eigenvalue weighted by Gasteiger charge is -2.29. The minimum absolute atomic E-state index is 0.263. The van der Waals surface area contributed by atoms with Crippen LogP contribution in [0.15, 0.2) is 36.4 Å². The Hall–Kier alpha value is -1.54. The van der Waals surface area contributed by atoms with Crippen molar-refractivity contribution in [1.29, 1.82) is 0 Å². The first-order valence-corrected chi connectivity index (χ1v) is 7.54. The maximum atomic E-state index is 10.6. The quantitative estimate of drug-likeness (QED) is 0.876. The van der Waals surface area contributed by atoms with E-state index in [0.29, 0.717) is 11.8 Å². The largest absolute Gasteiger partial charge is 0.507 e. The smallest absolute Gasteiger partial charge is 0.128 e. The molecule has 1 aliphatic heterocycles. The molecule has 0 aliphatic carbocycles. The molecule has 0 bridgehead atoms. The fourth-order valence-corrected chi connectivity index (χ4v) is 3.66. The van der Waals surface area contributed by atoms with Gasteiger partial charge in [0, 0.05) is 29.6 Å². The topological polar surface area (TPSA) is 23.5 Å². The maximum absolute atomic E-state index is 10.6. The summed E-state index contributed by atoms with van der Waals surface area (Å²) in [6.45, 7) is 7.93. The zero-order chi connectivity index (χ0) is 14.3. The second kappa shape index (κ2) is 5.10. The van der Waals surface area contributed by atoms with Crippen LogP contribution in [0, 0.1) is 5.92 Å². The Morgan fingerprint density at radius 3 is 2.60 bits per heavy atom. The van der Waals surface area contributed by atoms with Gasteiger partial charge < -0.3 is 5.11 Å². The highest BCUT2D eigenvalue weighted by atomic mass is 16.3. The molecule has 0 saturated carbocycles. The number of aromatic hydroxyl groups is 1. The van der Waals surface area contributed by atoms with Crippen LogP contribution in [0.25, 0.3) is 10.8 Å². The van der Waals surface area contributed by atoms with E-state index in [4.69, 9.17) is 0 Å². The van der Waals surface area contributed by atoms with Crippen molar-refractivity contribution in [2.45, 2.75) is 39.3 Å². The molecule has 2 aromatic rings. The number of phenols is 1. The van der Waals surface area contributed by atoms with E-state index in [1.165, 1.54) is 6.42 Å². The van der Waals surface area contributed by atoms with Gasteiger partial charge >= 0.3 is 0 Å². The Kier molecular flexibility index (Phi) is 3.43. The summed E-state index contributed by atoms with van der Waals surface area (Å²) < 4.78 is 0. The second-order valence-corrected chi connectivity index (χ2v) is 6.29. The molecule has 3 atom stereocenters. The Morgan fingerprint density at radius 1 is 1.15 bits per heavy atom. The summed E-state index contributed by atoms with van der Waals surface area (Å²) in [5.74, 6) is 1.19. The van der Waals surface area contributed by atoms with Gasteiger partial charge in [-0.05, 0) is 31.6 Å². The molecule has 1 saturated heterocycles. The van der Waals surface area contributed by atoms with Gasteiger partial charge in [-0.2, -0.15) is 0 Å². The zero-order valence-corrected chi connectivity index (χ0v) is 12.5. The molecule has 0 aromatic heterocycles. The van der Waals surface area contributed by atoms with Crippen LogP contribution in [0.5, 0.6) is 5.75 Å². The molecule has 20 heavy (non-hydrogen) atoms. The van der Waals surface area contributed by atoms with E-state index in [-0.39, 0.29) is 6.04 Å². The van der Waals surface area contributed by atoms with Gasteiger partial charge in [0.2, 0.25) is 0 Å². The summed E-state index contributed by atoms with van der Waals surface area (Å²) in [4.78, 5) is 2.51. The zero-order valence-electron chi connectivity index (χ0n) is 12.5. The SMILES string of the molecule is CC1CC(C)N(C(C)c2ccc3ccccc3c2O)C1. The van der Waals surface area contributed by atoms with Crippen LogP contribution in [0.3, 0.4) is 0 Å². The van der Waals surface area contributed by atoms with Crippen LogP contribution in [0.2, 0.25) is 0 Å². The molecule has 0 radical (unpaired) electrons. The summed E-state index contributed by atoms with van der Waals surface area (Å²) in [6.07, 6.45) is 1.25. The van der Waals surface area contributed by atoms with Gasteiger partial charge in [-0.3, -0.25) is 4.90 Å². The van der Waals surface area contributed by atoms with E-state index < -0.39 is 0 Å². The average Bonchev–Trinajstić information content (AvgIpc) is 2.78. The minimum Gasteiger partial charge on any atom is -0.507 e. The highest BCUT2D eigenvalue weighted by molar-refractivity contribution is 5.89. The van der Waals surface area contributed by atoms with Crippen LogP contribution < -0.4 is 0 Å². The number of nitrogens with zero attached hydrogens (tertiary/aromatic N) is 1. The van der Waals surface area contributed by atoms with Crippen molar-refractivity contribution in [3.63, 3.8) is 0 Å². The third-order valence-electron chi connectivity index (χ3n) is 4.71. The third kappa shape index (κ3) is 2.18. The van der Waals surface area contributed by atoms with Gasteiger partial charge in [0.05, 0.1) is 0 Å². The van der Waals surface area contributed by atoms with E-state index in [2.05, 4.69) is 37.8 Å². The number of hydrogen-bond acceptors (Lipinski definition) is 2. The molecule has 2 nitrogen and oxygen atoms in total. The van der Waals surface area contributed by atoms with E-state index >= 15 is 0 Å². The minimum atomic E-state index is 0.263. The number of hydrogen-bond donors (Lipinski definition) is 1. The van der Waals surface area contributed by atoms with Crippen molar-refractivity contribution in [2.75, 3.05) is 6.54 Å². The van der Waals surface area contributed by atoms with Crippen LogP contribution in [0.1, 0.15) is 38.8 Å². The molecule has 2 heteroatoms. The molecule has 1 heterocycles. The number of likely N-dealkylation sites (tertiary alicyclic amines) is 1. The number of phenolic OH excluding ortho intramolecular Hbond substituents is 1. The van der Waals surface area contributed by atoms with Gasteiger partial charge in [0.15, 0.2) is 0 Å². The maximum Gasteiger partial charge on any atom is 0.128 e. The third-order valence-corrected chi connectivity index (χ3v) is 4.71. The molecule has 3 rings (SSSR count). The molecule has 106 valence electrons. The highest BCUT2D eigenvalue weighted by Crippen LogP contribution is 2.38. The summed E-state index contributed by atoms with van der Waals surface area (Å²) in [5, 5.41) is 12.7. The Balaban J connectivity index is 1.99. The fraction of sp³-hybridized carbons (Fsp3) is 0.444. The van der Waals surface area contributed by atoms with Crippen molar-refractivity contribution in [3.8, 4) is 5.75 Å². The van der Waals surface area contributed by atoms with Crippen LogP contribution in [-0.4, -0.2) is 22.6 Å². The Labute approximate surface area is 121 Å². The predicted octanol–water partition coefficient (Wildman–Crippen LogP) is 4.34. The Morgan fingerprint density at radius 2 is 1.90 bits per heavy atom. The van der Waals surface area contributed by atoms with Gasteiger partial charge in [-0.1, -0.05) is 43.3 Å². The molecule has 3 unspecified atom stereocenters. The lowest BCUT2D eigenvalue weighted by atomic mass is 9.99. The molecular weight excluding hydrogens is 246 g/mol. The molecular formula is C18H23NO. The first-order chi connectivity index (χ1) is 9.58. The predicted molar refractivity (Wildman–Crippen MR) is 84.0 cm³/mol. The first-order valence-electron chi connectivity index (χ1n) is 7.54. The van der Waals surface area contributed by atoms with Gasteiger partial charge in [-0.25, -0.2) is 0 Å². The summed E-state index contributed by atoms with van der Waals surface area (Å²) >= 11 is 0. The lowest BCUT2D eigenvalue weighted by molar-refractivity contribution is 0.198. The van der Waals surface area contributed by atoms with Crippen molar-refractivity contribution >= 4 is 10.8 Å². The van der Waals surface area contributed by atoms with E-state index in [1.807, 2.05) is 24.3 Å².